The zero-order valence-electron chi connectivity index (χ0n) is 14.4. The highest BCUT2D eigenvalue weighted by molar-refractivity contribution is 6.30. The second-order valence-electron chi connectivity index (χ2n) is 6.66. The molecule has 0 aliphatic carbocycles. The molecule has 0 spiro atoms. The van der Waals surface area contributed by atoms with E-state index in [0.717, 1.165) is 37.4 Å². The molecule has 1 aliphatic rings. The second kappa shape index (κ2) is 8.11. The molecule has 1 fully saturated rings. The van der Waals surface area contributed by atoms with Crippen LogP contribution in [-0.4, -0.2) is 29.8 Å². The maximum absolute atomic E-state index is 13.1. The lowest BCUT2D eigenvalue weighted by Crippen LogP contribution is -2.45. The smallest absolute Gasteiger partial charge is 0.179 e. The summed E-state index contributed by atoms with van der Waals surface area (Å²) in [6.07, 6.45) is 2.84. The number of benzene rings is 2. The number of ketones is 1. The third kappa shape index (κ3) is 4.28. The Kier molecular flexibility index (Phi) is 5.87. The Morgan fingerprint density at radius 3 is 2.28 bits per heavy atom. The van der Waals surface area contributed by atoms with Crippen molar-refractivity contribution in [2.24, 2.45) is 0 Å². The SMILES string of the molecule is CCC(C(=O)c1ccc(F)cc1)N1CCC(c2ccc(Cl)cc2)CC1. The molecule has 1 saturated heterocycles. The normalized spacial score (nSPS) is 17.4. The molecule has 0 saturated carbocycles. The molecule has 4 heteroatoms. The first kappa shape index (κ1) is 18.1. The lowest BCUT2D eigenvalue weighted by Gasteiger charge is -2.36. The van der Waals surface area contributed by atoms with Gasteiger partial charge < -0.3 is 0 Å². The molecule has 0 bridgehead atoms. The van der Waals surface area contributed by atoms with Crippen LogP contribution in [-0.2, 0) is 0 Å². The predicted octanol–water partition coefficient (Wildman–Crippen LogP) is 5.32. The van der Waals surface area contributed by atoms with Gasteiger partial charge in [-0.1, -0.05) is 30.7 Å². The first-order chi connectivity index (χ1) is 12.1. The van der Waals surface area contributed by atoms with Crippen LogP contribution in [0.15, 0.2) is 48.5 Å². The Morgan fingerprint density at radius 2 is 1.72 bits per heavy atom. The van der Waals surface area contributed by atoms with E-state index in [4.69, 9.17) is 11.6 Å². The van der Waals surface area contributed by atoms with Crippen molar-refractivity contribution in [1.29, 1.82) is 0 Å². The fraction of sp³-hybridized carbons (Fsp3) is 0.381. The maximum Gasteiger partial charge on any atom is 0.179 e. The van der Waals surface area contributed by atoms with Crippen molar-refractivity contribution in [2.75, 3.05) is 13.1 Å². The number of piperidine rings is 1. The molecule has 2 nitrogen and oxygen atoms in total. The van der Waals surface area contributed by atoms with Crippen LogP contribution in [0.5, 0.6) is 0 Å². The summed E-state index contributed by atoms with van der Waals surface area (Å²) in [5.41, 5.74) is 1.91. The fourth-order valence-electron chi connectivity index (χ4n) is 3.70. The highest BCUT2D eigenvalue weighted by atomic mass is 35.5. The first-order valence-electron chi connectivity index (χ1n) is 8.87. The minimum absolute atomic E-state index is 0.0902. The fourth-order valence-corrected chi connectivity index (χ4v) is 3.82. The zero-order valence-corrected chi connectivity index (χ0v) is 15.2. The van der Waals surface area contributed by atoms with Crippen molar-refractivity contribution in [3.05, 3.63) is 70.5 Å². The molecule has 0 N–H and O–H groups in total. The Labute approximate surface area is 153 Å². The largest absolute Gasteiger partial charge is 0.293 e. The van der Waals surface area contributed by atoms with Crippen LogP contribution in [0.25, 0.3) is 0 Å². The summed E-state index contributed by atoms with van der Waals surface area (Å²) in [7, 11) is 0. The number of likely N-dealkylation sites (tertiary alicyclic amines) is 1. The quantitative estimate of drug-likeness (QED) is 0.673. The molecule has 0 aromatic heterocycles. The number of nitrogens with zero attached hydrogens (tertiary/aromatic N) is 1. The highest BCUT2D eigenvalue weighted by Gasteiger charge is 2.29. The minimum Gasteiger partial charge on any atom is -0.293 e. The van der Waals surface area contributed by atoms with Gasteiger partial charge in [-0.2, -0.15) is 0 Å². The summed E-state index contributed by atoms with van der Waals surface area (Å²) in [6.45, 7) is 3.84. The van der Waals surface area contributed by atoms with Crippen LogP contribution in [0.1, 0.15) is 48.0 Å². The molecule has 3 rings (SSSR count). The number of hydrogen-bond acceptors (Lipinski definition) is 2. The average Bonchev–Trinajstić information content (AvgIpc) is 2.64. The van der Waals surface area contributed by atoms with E-state index in [1.165, 1.54) is 17.7 Å². The van der Waals surface area contributed by atoms with E-state index in [-0.39, 0.29) is 17.6 Å². The zero-order chi connectivity index (χ0) is 17.8. The lowest BCUT2D eigenvalue weighted by atomic mass is 9.88. The molecule has 1 unspecified atom stereocenters. The van der Waals surface area contributed by atoms with E-state index in [0.29, 0.717) is 11.5 Å². The van der Waals surface area contributed by atoms with Gasteiger partial charge in [-0.3, -0.25) is 9.69 Å². The molecule has 1 heterocycles. The van der Waals surface area contributed by atoms with Gasteiger partial charge in [0.05, 0.1) is 6.04 Å². The van der Waals surface area contributed by atoms with Crippen molar-refractivity contribution >= 4 is 17.4 Å². The summed E-state index contributed by atoms with van der Waals surface area (Å²) in [4.78, 5) is 15.1. The Hall–Kier alpha value is -1.71. The Balaban J connectivity index is 1.64. The number of Topliss-reactive ketones (excluding diaryl/α,β-unsaturated/α-hetero) is 1. The van der Waals surface area contributed by atoms with Gasteiger partial charge in [0.2, 0.25) is 0 Å². The molecule has 25 heavy (non-hydrogen) atoms. The van der Waals surface area contributed by atoms with Crippen molar-refractivity contribution in [2.45, 2.75) is 38.1 Å². The molecule has 0 amide bonds. The van der Waals surface area contributed by atoms with Gasteiger partial charge in [-0.05, 0) is 80.2 Å². The number of carbonyl (C=O) groups is 1. The van der Waals surface area contributed by atoms with Crippen LogP contribution < -0.4 is 0 Å². The van der Waals surface area contributed by atoms with E-state index < -0.39 is 0 Å². The van der Waals surface area contributed by atoms with Crippen LogP contribution in [0.2, 0.25) is 5.02 Å². The molecule has 1 aliphatic heterocycles. The van der Waals surface area contributed by atoms with Gasteiger partial charge in [-0.15, -0.1) is 0 Å². The summed E-state index contributed by atoms with van der Waals surface area (Å²) in [5, 5.41) is 0.761. The van der Waals surface area contributed by atoms with Crippen molar-refractivity contribution in [3.63, 3.8) is 0 Å². The first-order valence-corrected chi connectivity index (χ1v) is 9.25. The van der Waals surface area contributed by atoms with Crippen molar-refractivity contribution in [1.82, 2.24) is 4.90 Å². The summed E-state index contributed by atoms with van der Waals surface area (Å²) in [6, 6.07) is 13.8. The van der Waals surface area contributed by atoms with Gasteiger partial charge in [0.1, 0.15) is 5.82 Å². The molecular weight excluding hydrogens is 337 g/mol. The number of hydrogen-bond donors (Lipinski definition) is 0. The second-order valence-corrected chi connectivity index (χ2v) is 7.09. The summed E-state index contributed by atoms with van der Waals surface area (Å²) in [5.74, 6) is 0.299. The number of carbonyl (C=O) groups excluding carboxylic acids is 1. The van der Waals surface area contributed by atoms with E-state index in [9.17, 15) is 9.18 Å². The van der Waals surface area contributed by atoms with Crippen LogP contribution in [0.3, 0.4) is 0 Å². The van der Waals surface area contributed by atoms with Gasteiger partial charge in [0.25, 0.3) is 0 Å². The standard InChI is InChI=1S/C21H23ClFNO/c1-2-20(21(25)17-5-9-19(23)10-6-17)24-13-11-16(12-14-24)15-3-7-18(22)8-4-15/h3-10,16,20H,2,11-14H2,1H3. The third-order valence-electron chi connectivity index (χ3n) is 5.13. The molecule has 0 radical (unpaired) electrons. The Bertz CT molecular complexity index is 706. The third-order valence-corrected chi connectivity index (χ3v) is 5.38. The van der Waals surface area contributed by atoms with Gasteiger partial charge in [-0.25, -0.2) is 4.39 Å². The van der Waals surface area contributed by atoms with E-state index in [1.54, 1.807) is 12.1 Å². The average molecular weight is 360 g/mol. The molecular formula is C21H23ClFNO. The number of rotatable bonds is 5. The minimum atomic E-state index is -0.312. The van der Waals surface area contributed by atoms with E-state index in [1.807, 2.05) is 19.1 Å². The van der Waals surface area contributed by atoms with Crippen LogP contribution >= 0.6 is 11.6 Å². The van der Waals surface area contributed by atoms with Crippen molar-refractivity contribution < 1.29 is 9.18 Å². The molecule has 2 aromatic rings. The lowest BCUT2D eigenvalue weighted by molar-refractivity contribution is 0.0763. The molecule has 2 aromatic carbocycles. The predicted molar refractivity (Wildman–Crippen MR) is 99.8 cm³/mol. The maximum atomic E-state index is 13.1. The monoisotopic (exact) mass is 359 g/mol. The van der Waals surface area contributed by atoms with Crippen LogP contribution in [0, 0.1) is 5.82 Å². The van der Waals surface area contributed by atoms with Gasteiger partial charge in [0.15, 0.2) is 5.78 Å². The summed E-state index contributed by atoms with van der Waals surface area (Å²) < 4.78 is 13.1. The van der Waals surface area contributed by atoms with Gasteiger partial charge >= 0.3 is 0 Å². The van der Waals surface area contributed by atoms with E-state index >= 15 is 0 Å². The van der Waals surface area contributed by atoms with Crippen LogP contribution in [0.4, 0.5) is 4.39 Å². The molecule has 1 atom stereocenters. The highest BCUT2D eigenvalue weighted by Crippen LogP contribution is 2.30. The van der Waals surface area contributed by atoms with Crippen molar-refractivity contribution in [3.8, 4) is 0 Å². The number of halogens is 2. The molecule has 132 valence electrons. The van der Waals surface area contributed by atoms with E-state index in [2.05, 4.69) is 17.0 Å². The Morgan fingerprint density at radius 1 is 1.12 bits per heavy atom. The summed E-state index contributed by atoms with van der Waals surface area (Å²) >= 11 is 5.97. The van der Waals surface area contributed by atoms with Gasteiger partial charge in [0, 0.05) is 10.6 Å². The topological polar surface area (TPSA) is 20.3 Å².